The van der Waals surface area contributed by atoms with E-state index >= 15 is 0 Å². The molecule has 0 fully saturated rings. The van der Waals surface area contributed by atoms with Crippen molar-refractivity contribution >= 4 is 17.3 Å². The predicted octanol–water partition coefficient (Wildman–Crippen LogP) is 2.58. The standard InChI is InChI=1S/C13H15ClN4O2/c1-9-10(4-3-5-11(9)18(19)20)6-15-8-13-16-7-12(14)17(13)2/h3-5,7,15H,6,8H2,1-2H3. The summed E-state index contributed by atoms with van der Waals surface area (Å²) >= 11 is 5.90. The lowest BCUT2D eigenvalue weighted by atomic mass is 10.1. The molecule has 106 valence electrons. The van der Waals surface area contributed by atoms with Gasteiger partial charge in [0.05, 0.1) is 17.7 Å². The topological polar surface area (TPSA) is 73.0 Å². The predicted molar refractivity (Wildman–Crippen MR) is 76.6 cm³/mol. The van der Waals surface area contributed by atoms with Crippen LogP contribution in [0.15, 0.2) is 24.4 Å². The molecular formula is C13H15ClN4O2. The van der Waals surface area contributed by atoms with E-state index in [4.69, 9.17) is 11.6 Å². The zero-order valence-electron chi connectivity index (χ0n) is 11.3. The van der Waals surface area contributed by atoms with Crippen molar-refractivity contribution in [1.82, 2.24) is 14.9 Å². The lowest BCUT2D eigenvalue weighted by Gasteiger charge is -2.08. The monoisotopic (exact) mass is 294 g/mol. The maximum atomic E-state index is 10.9. The highest BCUT2D eigenvalue weighted by Crippen LogP contribution is 2.20. The van der Waals surface area contributed by atoms with E-state index in [1.54, 1.807) is 23.8 Å². The van der Waals surface area contributed by atoms with Crippen LogP contribution in [0.4, 0.5) is 5.69 Å². The molecule has 0 amide bonds. The van der Waals surface area contributed by atoms with Crippen molar-refractivity contribution in [2.75, 3.05) is 0 Å². The summed E-state index contributed by atoms with van der Waals surface area (Å²) in [5.74, 6) is 0.818. The van der Waals surface area contributed by atoms with Crippen molar-refractivity contribution in [1.29, 1.82) is 0 Å². The second kappa shape index (κ2) is 6.02. The number of imidazole rings is 1. The lowest BCUT2D eigenvalue weighted by molar-refractivity contribution is -0.385. The van der Waals surface area contributed by atoms with Gasteiger partial charge in [0.1, 0.15) is 11.0 Å². The van der Waals surface area contributed by atoms with Gasteiger partial charge in [-0.05, 0) is 12.5 Å². The highest BCUT2D eigenvalue weighted by atomic mass is 35.5. The van der Waals surface area contributed by atoms with Crippen LogP contribution in [-0.2, 0) is 20.1 Å². The summed E-state index contributed by atoms with van der Waals surface area (Å²) in [6, 6.07) is 5.08. The third-order valence-corrected chi connectivity index (χ3v) is 3.59. The average molecular weight is 295 g/mol. The van der Waals surface area contributed by atoms with E-state index in [0.717, 1.165) is 11.4 Å². The van der Waals surface area contributed by atoms with Crippen LogP contribution in [-0.4, -0.2) is 14.5 Å². The molecule has 0 bridgehead atoms. The quantitative estimate of drug-likeness (QED) is 0.679. The number of nitrogens with one attached hydrogen (secondary N) is 1. The van der Waals surface area contributed by atoms with E-state index in [-0.39, 0.29) is 10.6 Å². The molecule has 0 aliphatic carbocycles. The number of aromatic nitrogens is 2. The second-order valence-corrected chi connectivity index (χ2v) is 4.87. The van der Waals surface area contributed by atoms with Crippen molar-refractivity contribution in [3.8, 4) is 0 Å². The molecule has 0 atom stereocenters. The fourth-order valence-corrected chi connectivity index (χ4v) is 2.10. The SMILES string of the molecule is Cc1c(CNCc2ncc(Cl)n2C)cccc1[N+](=O)[O-]. The van der Waals surface area contributed by atoms with Gasteiger partial charge < -0.3 is 9.88 Å². The van der Waals surface area contributed by atoms with Gasteiger partial charge in [0.15, 0.2) is 0 Å². The Morgan fingerprint density at radius 1 is 1.45 bits per heavy atom. The molecule has 0 saturated carbocycles. The van der Waals surface area contributed by atoms with Crippen molar-refractivity contribution in [3.63, 3.8) is 0 Å². The van der Waals surface area contributed by atoms with Gasteiger partial charge in [0, 0.05) is 25.2 Å². The normalized spacial score (nSPS) is 10.8. The van der Waals surface area contributed by atoms with Gasteiger partial charge in [0.25, 0.3) is 5.69 Å². The maximum Gasteiger partial charge on any atom is 0.272 e. The van der Waals surface area contributed by atoms with Crippen LogP contribution in [0.5, 0.6) is 0 Å². The van der Waals surface area contributed by atoms with E-state index in [9.17, 15) is 10.1 Å². The van der Waals surface area contributed by atoms with Gasteiger partial charge in [0.2, 0.25) is 0 Å². The van der Waals surface area contributed by atoms with E-state index < -0.39 is 0 Å². The molecule has 1 aromatic carbocycles. The molecule has 0 aliphatic heterocycles. The maximum absolute atomic E-state index is 10.9. The molecular weight excluding hydrogens is 280 g/mol. The number of hydrogen-bond donors (Lipinski definition) is 1. The largest absolute Gasteiger partial charge is 0.321 e. The van der Waals surface area contributed by atoms with Crippen molar-refractivity contribution in [2.45, 2.75) is 20.0 Å². The number of hydrogen-bond acceptors (Lipinski definition) is 4. The summed E-state index contributed by atoms with van der Waals surface area (Å²) in [6.45, 7) is 2.84. The van der Waals surface area contributed by atoms with E-state index in [1.807, 2.05) is 13.1 Å². The first-order valence-corrected chi connectivity index (χ1v) is 6.48. The van der Waals surface area contributed by atoms with E-state index in [2.05, 4.69) is 10.3 Å². The van der Waals surface area contributed by atoms with Crippen LogP contribution in [0.25, 0.3) is 0 Å². The molecule has 2 aromatic rings. The highest BCUT2D eigenvalue weighted by Gasteiger charge is 2.13. The summed E-state index contributed by atoms with van der Waals surface area (Å²) < 4.78 is 1.79. The van der Waals surface area contributed by atoms with Gasteiger partial charge in [-0.25, -0.2) is 4.98 Å². The third kappa shape index (κ3) is 2.97. The molecule has 0 saturated heterocycles. The molecule has 1 heterocycles. The third-order valence-electron chi connectivity index (χ3n) is 3.24. The van der Waals surface area contributed by atoms with Gasteiger partial charge >= 0.3 is 0 Å². The van der Waals surface area contributed by atoms with Crippen molar-refractivity contribution in [3.05, 3.63) is 56.6 Å². The first-order valence-electron chi connectivity index (χ1n) is 6.10. The summed E-state index contributed by atoms with van der Waals surface area (Å²) in [5, 5.41) is 14.7. The van der Waals surface area contributed by atoms with Gasteiger partial charge in [-0.15, -0.1) is 0 Å². The summed E-state index contributed by atoms with van der Waals surface area (Å²) in [6.07, 6.45) is 1.59. The molecule has 6 nitrogen and oxygen atoms in total. The van der Waals surface area contributed by atoms with Gasteiger partial charge in [-0.3, -0.25) is 10.1 Å². The Balaban J connectivity index is 2.03. The molecule has 2 rings (SSSR count). The molecule has 0 radical (unpaired) electrons. The lowest BCUT2D eigenvalue weighted by Crippen LogP contribution is -2.16. The summed E-state index contributed by atoms with van der Waals surface area (Å²) in [7, 11) is 1.84. The number of nitro benzene ring substituents is 1. The van der Waals surface area contributed by atoms with Gasteiger partial charge in [-0.2, -0.15) is 0 Å². The van der Waals surface area contributed by atoms with Gasteiger partial charge in [-0.1, -0.05) is 23.7 Å². The molecule has 0 spiro atoms. The van der Waals surface area contributed by atoms with E-state index in [0.29, 0.717) is 23.8 Å². The zero-order chi connectivity index (χ0) is 14.7. The summed E-state index contributed by atoms with van der Waals surface area (Å²) in [5.41, 5.74) is 1.73. The molecule has 1 N–H and O–H groups in total. The zero-order valence-corrected chi connectivity index (χ0v) is 12.0. The average Bonchev–Trinajstić information content (AvgIpc) is 2.72. The van der Waals surface area contributed by atoms with Crippen LogP contribution in [0.2, 0.25) is 5.15 Å². The Labute approximate surface area is 121 Å². The Morgan fingerprint density at radius 2 is 2.20 bits per heavy atom. The minimum absolute atomic E-state index is 0.143. The number of nitrogens with zero attached hydrogens (tertiary/aromatic N) is 3. The Hall–Kier alpha value is -1.92. The van der Waals surface area contributed by atoms with Crippen molar-refractivity contribution in [2.24, 2.45) is 7.05 Å². The van der Waals surface area contributed by atoms with Crippen LogP contribution in [0.1, 0.15) is 17.0 Å². The minimum Gasteiger partial charge on any atom is -0.321 e. The Morgan fingerprint density at radius 3 is 2.80 bits per heavy atom. The number of halogens is 1. The second-order valence-electron chi connectivity index (χ2n) is 4.48. The smallest absolute Gasteiger partial charge is 0.272 e. The summed E-state index contributed by atoms with van der Waals surface area (Å²) in [4.78, 5) is 14.7. The molecule has 7 heteroatoms. The fraction of sp³-hybridized carbons (Fsp3) is 0.308. The fourth-order valence-electron chi connectivity index (χ4n) is 1.96. The number of benzene rings is 1. The molecule has 0 aliphatic rings. The van der Waals surface area contributed by atoms with Crippen molar-refractivity contribution < 1.29 is 4.92 Å². The van der Waals surface area contributed by atoms with E-state index in [1.165, 1.54) is 6.07 Å². The van der Waals surface area contributed by atoms with Crippen LogP contribution in [0, 0.1) is 17.0 Å². The first-order chi connectivity index (χ1) is 9.50. The first kappa shape index (κ1) is 14.5. The molecule has 0 unspecified atom stereocenters. The minimum atomic E-state index is -0.364. The molecule has 20 heavy (non-hydrogen) atoms. The van der Waals surface area contributed by atoms with Crippen LogP contribution >= 0.6 is 11.6 Å². The van der Waals surface area contributed by atoms with Crippen LogP contribution in [0.3, 0.4) is 0 Å². The Bertz CT molecular complexity index is 639. The number of nitro groups is 1. The number of rotatable bonds is 5. The Kier molecular flexibility index (Phi) is 4.36. The molecule has 1 aromatic heterocycles. The highest BCUT2D eigenvalue weighted by molar-refractivity contribution is 6.29. The van der Waals surface area contributed by atoms with Crippen LogP contribution < -0.4 is 5.32 Å².